The first-order valence-corrected chi connectivity index (χ1v) is 14.6. The average molecular weight is 607 g/mol. The van der Waals surface area contributed by atoms with Crippen molar-refractivity contribution in [2.24, 2.45) is 21.1 Å². The summed E-state index contributed by atoms with van der Waals surface area (Å²) in [4.78, 5) is 54.0. The molecule has 5 heterocycles. The number of amides is 4. The molecule has 0 saturated carbocycles. The summed E-state index contributed by atoms with van der Waals surface area (Å²) in [5.41, 5.74) is 2.45. The second-order valence-electron chi connectivity index (χ2n) is 10.2. The van der Waals surface area contributed by atoms with Crippen LogP contribution in [0.3, 0.4) is 0 Å². The molecule has 5 rings (SSSR count). The van der Waals surface area contributed by atoms with Gasteiger partial charge in [0.25, 0.3) is 23.6 Å². The largest absolute Gasteiger partial charge is 0.379 e. The molecule has 0 bridgehead atoms. The van der Waals surface area contributed by atoms with Crippen molar-refractivity contribution in [3.05, 3.63) is 76.3 Å². The quantitative estimate of drug-likeness (QED) is 0.219. The number of morpholine rings is 1. The van der Waals surface area contributed by atoms with Gasteiger partial charge >= 0.3 is 0 Å². The van der Waals surface area contributed by atoms with Crippen LogP contribution in [-0.4, -0.2) is 81.6 Å². The van der Waals surface area contributed by atoms with E-state index in [0.717, 1.165) is 19.6 Å². The van der Waals surface area contributed by atoms with E-state index >= 15 is 0 Å². The molecule has 0 spiro atoms. The van der Waals surface area contributed by atoms with Crippen molar-refractivity contribution in [1.29, 1.82) is 0 Å². The van der Waals surface area contributed by atoms with Gasteiger partial charge in [-0.3, -0.25) is 24.1 Å². The molecule has 1 fully saturated rings. The molecule has 0 atom stereocenters. The molecule has 0 aromatic carbocycles. The van der Waals surface area contributed by atoms with Crippen LogP contribution >= 0.6 is 11.3 Å². The minimum Gasteiger partial charge on any atom is -0.379 e. The first kappa shape index (κ1) is 29.8. The minimum absolute atomic E-state index is 0.227. The molecular formula is C29H34N8O5S. The third-order valence-corrected chi connectivity index (χ3v) is 7.92. The highest BCUT2D eigenvalue weighted by atomic mass is 32.1. The lowest BCUT2D eigenvalue weighted by molar-refractivity contribution is 0.0383. The van der Waals surface area contributed by atoms with Gasteiger partial charge in [-0.15, -0.1) is 11.3 Å². The second kappa shape index (κ2) is 13.1. The number of carbonyl (C=O) groups excluding carboxylic acids is 4. The molecule has 4 amide bonds. The van der Waals surface area contributed by atoms with Crippen molar-refractivity contribution < 1.29 is 23.9 Å². The van der Waals surface area contributed by atoms with Gasteiger partial charge < -0.3 is 39.7 Å². The summed E-state index contributed by atoms with van der Waals surface area (Å²) < 4.78 is 10.2. The van der Waals surface area contributed by atoms with Crippen LogP contribution in [0.15, 0.2) is 54.3 Å². The van der Waals surface area contributed by atoms with Crippen LogP contribution in [0.5, 0.6) is 0 Å². The maximum Gasteiger partial charge on any atom is 0.272 e. The predicted octanol–water partition coefficient (Wildman–Crippen LogP) is 2.58. The molecule has 14 heteroatoms. The Morgan fingerprint density at radius 3 is 1.72 bits per heavy atom. The van der Waals surface area contributed by atoms with E-state index in [2.05, 4.69) is 26.2 Å². The first-order valence-electron chi connectivity index (χ1n) is 13.7. The van der Waals surface area contributed by atoms with Crippen LogP contribution in [0, 0.1) is 0 Å². The molecule has 226 valence electrons. The van der Waals surface area contributed by atoms with Gasteiger partial charge in [0.05, 0.1) is 35.2 Å². The van der Waals surface area contributed by atoms with E-state index < -0.39 is 11.8 Å². The van der Waals surface area contributed by atoms with Gasteiger partial charge in [-0.05, 0) is 29.6 Å². The number of nitrogens with zero attached hydrogens (tertiary/aromatic N) is 4. The van der Waals surface area contributed by atoms with Crippen LogP contribution in [0.1, 0.15) is 41.1 Å². The van der Waals surface area contributed by atoms with Gasteiger partial charge in [-0.25, -0.2) is 0 Å². The van der Waals surface area contributed by atoms with Gasteiger partial charge in [0.15, 0.2) is 0 Å². The van der Waals surface area contributed by atoms with Gasteiger partial charge in [0, 0.05) is 65.9 Å². The van der Waals surface area contributed by atoms with E-state index in [1.807, 2.05) is 5.38 Å². The Hall–Kier alpha value is -4.66. The fourth-order valence-corrected chi connectivity index (χ4v) is 5.43. The molecule has 4 aromatic heterocycles. The molecule has 1 aliphatic rings. The van der Waals surface area contributed by atoms with Crippen LogP contribution < -0.4 is 21.3 Å². The fraction of sp³-hybridized carbons (Fsp3) is 0.310. The van der Waals surface area contributed by atoms with Crippen molar-refractivity contribution in [3.8, 4) is 0 Å². The number of aryl methyl sites for hydroxylation is 3. The molecule has 4 aromatic rings. The second-order valence-corrected chi connectivity index (χ2v) is 11.2. The fourth-order valence-electron chi connectivity index (χ4n) is 4.81. The van der Waals surface area contributed by atoms with Crippen LogP contribution in [0.25, 0.3) is 0 Å². The van der Waals surface area contributed by atoms with Crippen molar-refractivity contribution in [2.75, 3.05) is 55.3 Å². The summed E-state index contributed by atoms with van der Waals surface area (Å²) in [5, 5.41) is 13.2. The number of ether oxygens (including phenoxy) is 1. The van der Waals surface area contributed by atoms with Gasteiger partial charge in [-0.2, -0.15) is 0 Å². The standard InChI is InChI=1S/C29H34N8O5S/c1-34-16-19(13-22(34)26(38)30-6-7-37-8-10-42-11-9-37)31-27(39)23-14-20(17-35(23)2)32-28(40)24-15-21(18-36(24)3)33-29(41)25-5-4-12-43-25/h4-5,12-18H,6-11H2,1-3H3,(H,30,38)(H,31,39)(H,32,40)(H,33,41). The predicted molar refractivity (Wildman–Crippen MR) is 164 cm³/mol. The number of anilines is 3. The summed E-state index contributed by atoms with van der Waals surface area (Å²) >= 11 is 1.33. The molecule has 0 radical (unpaired) electrons. The number of thiophene rings is 1. The third-order valence-electron chi connectivity index (χ3n) is 7.05. The Labute approximate surface area is 252 Å². The topological polar surface area (TPSA) is 144 Å². The first-order chi connectivity index (χ1) is 20.7. The highest BCUT2D eigenvalue weighted by Gasteiger charge is 2.19. The number of rotatable bonds is 10. The lowest BCUT2D eigenvalue weighted by Crippen LogP contribution is -2.41. The van der Waals surface area contributed by atoms with Crippen molar-refractivity contribution in [1.82, 2.24) is 23.9 Å². The van der Waals surface area contributed by atoms with E-state index in [1.54, 1.807) is 83.8 Å². The van der Waals surface area contributed by atoms with Crippen LogP contribution in [-0.2, 0) is 25.9 Å². The molecule has 4 N–H and O–H groups in total. The normalized spacial score (nSPS) is 13.5. The SMILES string of the molecule is Cn1cc(NC(=O)c2cc(NC(=O)c3cc(NC(=O)c4cccs4)cn3C)cn2C)cc1C(=O)NCCN1CCOCC1. The maximum atomic E-state index is 13.1. The number of aromatic nitrogens is 3. The molecule has 1 saturated heterocycles. The zero-order valence-electron chi connectivity index (χ0n) is 24.2. The van der Waals surface area contributed by atoms with E-state index in [4.69, 9.17) is 4.74 Å². The number of nitrogens with one attached hydrogen (secondary N) is 4. The zero-order chi connectivity index (χ0) is 30.5. The van der Waals surface area contributed by atoms with Crippen molar-refractivity contribution in [3.63, 3.8) is 0 Å². The summed E-state index contributed by atoms with van der Waals surface area (Å²) in [6, 6.07) is 8.30. The Morgan fingerprint density at radius 2 is 1.23 bits per heavy atom. The smallest absolute Gasteiger partial charge is 0.272 e. The summed E-state index contributed by atoms with van der Waals surface area (Å²) in [6.45, 7) is 4.36. The summed E-state index contributed by atoms with van der Waals surface area (Å²) in [7, 11) is 5.15. The van der Waals surface area contributed by atoms with E-state index in [1.165, 1.54) is 11.3 Å². The van der Waals surface area contributed by atoms with Crippen molar-refractivity contribution >= 4 is 52.0 Å². The minimum atomic E-state index is -0.399. The zero-order valence-corrected chi connectivity index (χ0v) is 25.0. The molecule has 43 heavy (non-hydrogen) atoms. The van der Waals surface area contributed by atoms with Crippen molar-refractivity contribution in [2.45, 2.75) is 0 Å². The van der Waals surface area contributed by atoms with E-state index in [-0.39, 0.29) is 11.8 Å². The number of carbonyl (C=O) groups is 4. The Balaban J connectivity index is 1.17. The molecule has 13 nitrogen and oxygen atoms in total. The maximum absolute atomic E-state index is 13.1. The Morgan fingerprint density at radius 1 is 0.744 bits per heavy atom. The van der Waals surface area contributed by atoms with E-state index in [9.17, 15) is 19.2 Å². The molecule has 0 unspecified atom stereocenters. The van der Waals surface area contributed by atoms with Gasteiger partial charge in [0.2, 0.25) is 0 Å². The lowest BCUT2D eigenvalue weighted by Gasteiger charge is -2.26. The number of hydrogen-bond acceptors (Lipinski definition) is 7. The number of hydrogen-bond donors (Lipinski definition) is 4. The molecular weight excluding hydrogens is 572 g/mol. The third kappa shape index (κ3) is 7.23. The Bertz CT molecular complexity index is 1630. The van der Waals surface area contributed by atoms with Gasteiger partial charge in [-0.1, -0.05) is 6.07 Å². The summed E-state index contributed by atoms with van der Waals surface area (Å²) in [6.07, 6.45) is 4.96. The lowest BCUT2D eigenvalue weighted by atomic mass is 10.3. The van der Waals surface area contributed by atoms with Crippen LogP contribution in [0.4, 0.5) is 17.1 Å². The van der Waals surface area contributed by atoms with Gasteiger partial charge in [0.1, 0.15) is 17.1 Å². The highest BCUT2D eigenvalue weighted by molar-refractivity contribution is 7.12. The van der Waals surface area contributed by atoms with Crippen LogP contribution in [0.2, 0.25) is 0 Å². The van der Waals surface area contributed by atoms with E-state index in [0.29, 0.717) is 58.8 Å². The average Bonchev–Trinajstić information content (AvgIpc) is 3.77. The molecule has 1 aliphatic heterocycles. The highest BCUT2D eigenvalue weighted by Crippen LogP contribution is 2.20. The monoisotopic (exact) mass is 606 g/mol. The molecule has 0 aliphatic carbocycles. The Kier molecular flexibility index (Phi) is 9.09. The summed E-state index contributed by atoms with van der Waals surface area (Å²) in [5.74, 6) is -1.27.